The SMILES string of the molecule is c1ccc(-n2c(Sc3ccc4nnnn4n3)nc3c2CCCC3)cc1. The number of hydrogen-bond acceptors (Lipinski definition) is 6. The molecule has 0 saturated heterocycles. The fourth-order valence-corrected chi connectivity index (χ4v) is 4.11. The Hall–Kier alpha value is -2.74. The zero-order valence-corrected chi connectivity index (χ0v) is 14.2. The van der Waals surface area contributed by atoms with Crippen molar-refractivity contribution in [2.75, 3.05) is 0 Å². The highest BCUT2D eigenvalue weighted by atomic mass is 32.2. The Kier molecular flexibility index (Phi) is 3.48. The first-order valence-corrected chi connectivity index (χ1v) is 9.09. The van der Waals surface area contributed by atoms with Gasteiger partial charge in [0.15, 0.2) is 10.8 Å². The second kappa shape index (κ2) is 5.96. The van der Waals surface area contributed by atoms with Gasteiger partial charge in [-0.3, -0.25) is 4.57 Å². The van der Waals surface area contributed by atoms with Crippen LogP contribution in [0.15, 0.2) is 52.6 Å². The van der Waals surface area contributed by atoms with Crippen molar-refractivity contribution in [1.82, 2.24) is 34.8 Å². The van der Waals surface area contributed by atoms with E-state index in [9.17, 15) is 0 Å². The summed E-state index contributed by atoms with van der Waals surface area (Å²) in [5.74, 6) is 0. The quantitative estimate of drug-likeness (QED) is 0.566. The van der Waals surface area contributed by atoms with Gasteiger partial charge < -0.3 is 0 Å². The van der Waals surface area contributed by atoms with Crippen molar-refractivity contribution < 1.29 is 0 Å². The van der Waals surface area contributed by atoms with Gasteiger partial charge in [0.1, 0.15) is 5.03 Å². The van der Waals surface area contributed by atoms with Crippen LogP contribution in [0.25, 0.3) is 11.3 Å². The predicted octanol–water partition coefficient (Wildman–Crippen LogP) is 2.74. The van der Waals surface area contributed by atoms with Crippen LogP contribution in [-0.2, 0) is 12.8 Å². The molecule has 8 heteroatoms. The van der Waals surface area contributed by atoms with Crippen molar-refractivity contribution in [3.8, 4) is 5.69 Å². The van der Waals surface area contributed by atoms with Crippen LogP contribution in [-0.4, -0.2) is 34.8 Å². The highest BCUT2D eigenvalue weighted by Gasteiger charge is 2.22. The normalized spacial score (nSPS) is 13.9. The molecule has 7 nitrogen and oxygen atoms in total. The molecule has 0 fully saturated rings. The molecule has 0 saturated carbocycles. The maximum Gasteiger partial charge on any atom is 0.200 e. The Morgan fingerprint density at radius 1 is 0.960 bits per heavy atom. The van der Waals surface area contributed by atoms with Crippen LogP contribution < -0.4 is 0 Å². The van der Waals surface area contributed by atoms with E-state index in [1.807, 2.05) is 18.2 Å². The lowest BCUT2D eigenvalue weighted by molar-refractivity contribution is 0.654. The summed E-state index contributed by atoms with van der Waals surface area (Å²) in [6, 6.07) is 14.2. The minimum absolute atomic E-state index is 0.634. The van der Waals surface area contributed by atoms with Gasteiger partial charge in [0.2, 0.25) is 0 Å². The Balaban J connectivity index is 1.61. The van der Waals surface area contributed by atoms with Crippen LogP contribution in [0.5, 0.6) is 0 Å². The average molecular weight is 349 g/mol. The first kappa shape index (κ1) is 14.6. The number of fused-ring (bicyclic) bond motifs is 2. The lowest BCUT2D eigenvalue weighted by Gasteiger charge is -2.15. The van der Waals surface area contributed by atoms with Crippen LogP contribution in [0.4, 0.5) is 0 Å². The number of para-hydroxylation sites is 1. The summed E-state index contributed by atoms with van der Waals surface area (Å²) in [6.07, 6.45) is 4.53. The topological polar surface area (TPSA) is 73.8 Å². The first-order valence-electron chi connectivity index (χ1n) is 8.28. The minimum Gasteiger partial charge on any atom is -0.291 e. The van der Waals surface area contributed by atoms with Gasteiger partial charge in [-0.15, -0.1) is 14.8 Å². The number of rotatable bonds is 3. The van der Waals surface area contributed by atoms with Crippen molar-refractivity contribution in [1.29, 1.82) is 0 Å². The lowest BCUT2D eigenvalue weighted by Crippen LogP contribution is -2.07. The van der Waals surface area contributed by atoms with Crippen LogP contribution in [0.2, 0.25) is 0 Å². The fourth-order valence-electron chi connectivity index (χ4n) is 3.21. The molecule has 124 valence electrons. The molecule has 5 rings (SSSR count). The molecule has 0 spiro atoms. The number of aryl methyl sites for hydroxylation is 1. The smallest absolute Gasteiger partial charge is 0.200 e. The Bertz CT molecular complexity index is 1040. The number of hydrogen-bond donors (Lipinski definition) is 0. The molecular weight excluding hydrogens is 334 g/mol. The third kappa shape index (κ3) is 2.58. The zero-order valence-electron chi connectivity index (χ0n) is 13.4. The van der Waals surface area contributed by atoms with Crippen molar-refractivity contribution in [3.05, 3.63) is 53.9 Å². The molecule has 1 aromatic carbocycles. The summed E-state index contributed by atoms with van der Waals surface area (Å²) >= 11 is 1.55. The summed E-state index contributed by atoms with van der Waals surface area (Å²) < 4.78 is 3.71. The van der Waals surface area contributed by atoms with E-state index in [0.717, 1.165) is 28.7 Å². The average Bonchev–Trinajstić information content (AvgIpc) is 3.26. The number of benzene rings is 1. The molecule has 0 aliphatic heterocycles. The fraction of sp³-hybridized carbons (Fsp3) is 0.235. The lowest BCUT2D eigenvalue weighted by atomic mass is 10.0. The van der Waals surface area contributed by atoms with E-state index in [1.54, 1.807) is 11.8 Å². The number of imidazole rings is 1. The second-order valence-electron chi connectivity index (χ2n) is 5.97. The largest absolute Gasteiger partial charge is 0.291 e. The molecule has 0 N–H and O–H groups in total. The molecule has 3 aromatic heterocycles. The van der Waals surface area contributed by atoms with Crippen molar-refractivity contribution in [2.24, 2.45) is 0 Å². The van der Waals surface area contributed by atoms with Crippen LogP contribution in [0.1, 0.15) is 24.2 Å². The molecule has 0 bridgehead atoms. The van der Waals surface area contributed by atoms with E-state index >= 15 is 0 Å². The van der Waals surface area contributed by atoms with Gasteiger partial charge in [-0.2, -0.15) is 0 Å². The number of aromatic nitrogens is 7. The Morgan fingerprint density at radius 3 is 2.76 bits per heavy atom. The molecule has 4 aromatic rings. The van der Waals surface area contributed by atoms with Crippen LogP contribution >= 0.6 is 11.8 Å². The standard InChI is InChI=1S/C17H15N7S/c1-2-6-12(7-3-1)23-14-9-5-4-8-13(14)18-17(23)25-16-11-10-15-19-21-22-24(15)20-16/h1-3,6-7,10-11H,4-5,8-9H2. The minimum atomic E-state index is 0.634. The number of tetrazole rings is 1. The van der Waals surface area contributed by atoms with Crippen LogP contribution in [0, 0.1) is 0 Å². The molecule has 25 heavy (non-hydrogen) atoms. The van der Waals surface area contributed by atoms with Gasteiger partial charge in [-0.05, 0) is 72.1 Å². The summed E-state index contributed by atoms with van der Waals surface area (Å²) in [7, 11) is 0. The van der Waals surface area contributed by atoms with Gasteiger partial charge in [-0.1, -0.05) is 18.2 Å². The molecule has 1 aliphatic carbocycles. The van der Waals surface area contributed by atoms with Crippen molar-refractivity contribution >= 4 is 17.4 Å². The predicted molar refractivity (Wildman–Crippen MR) is 92.9 cm³/mol. The van der Waals surface area contributed by atoms with Crippen molar-refractivity contribution in [2.45, 2.75) is 35.9 Å². The monoisotopic (exact) mass is 349 g/mol. The van der Waals surface area contributed by atoms with Gasteiger partial charge in [0.05, 0.1) is 5.69 Å². The van der Waals surface area contributed by atoms with E-state index < -0.39 is 0 Å². The molecule has 0 amide bonds. The van der Waals surface area contributed by atoms with Gasteiger partial charge in [-0.25, -0.2) is 4.98 Å². The second-order valence-corrected chi connectivity index (χ2v) is 6.95. The summed E-state index contributed by atoms with van der Waals surface area (Å²) in [4.78, 5) is 4.92. The van der Waals surface area contributed by atoms with Crippen molar-refractivity contribution in [3.63, 3.8) is 0 Å². The molecule has 0 atom stereocenters. The highest BCUT2D eigenvalue weighted by molar-refractivity contribution is 7.99. The van der Waals surface area contributed by atoms with Gasteiger partial charge in [0.25, 0.3) is 0 Å². The maximum absolute atomic E-state index is 4.92. The molecule has 1 aliphatic rings. The highest BCUT2D eigenvalue weighted by Crippen LogP contribution is 2.33. The van der Waals surface area contributed by atoms with E-state index in [4.69, 9.17) is 4.98 Å². The Morgan fingerprint density at radius 2 is 1.84 bits per heavy atom. The summed E-state index contributed by atoms with van der Waals surface area (Å²) in [5, 5.41) is 17.6. The van der Waals surface area contributed by atoms with E-state index in [-0.39, 0.29) is 0 Å². The molecule has 0 radical (unpaired) electrons. The van der Waals surface area contributed by atoms with E-state index in [2.05, 4.69) is 49.5 Å². The first-order chi connectivity index (χ1) is 12.4. The van der Waals surface area contributed by atoms with Crippen LogP contribution in [0.3, 0.4) is 0 Å². The summed E-state index contributed by atoms with van der Waals surface area (Å²) in [5.41, 5.74) is 4.31. The van der Waals surface area contributed by atoms with E-state index in [1.165, 1.54) is 28.9 Å². The Labute approximate surface area is 148 Å². The van der Waals surface area contributed by atoms with Gasteiger partial charge in [0, 0.05) is 11.4 Å². The molecule has 3 heterocycles. The molecule has 0 unspecified atom stereocenters. The number of nitrogens with zero attached hydrogens (tertiary/aromatic N) is 7. The van der Waals surface area contributed by atoms with E-state index in [0.29, 0.717) is 5.65 Å². The third-order valence-corrected chi connectivity index (χ3v) is 5.24. The molecular formula is C17H15N7S. The zero-order chi connectivity index (χ0) is 16.6. The maximum atomic E-state index is 4.92. The summed E-state index contributed by atoms with van der Waals surface area (Å²) in [6.45, 7) is 0. The third-order valence-electron chi connectivity index (χ3n) is 4.36. The van der Waals surface area contributed by atoms with Gasteiger partial charge >= 0.3 is 0 Å².